The number of hydrogen-bond acceptors (Lipinski definition) is 4. The molecule has 120 valence electrons. The molecule has 3 aliphatic carbocycles. The number of hydroxylamine groups is 2. The zero-order valence-electron chi connectivity index (χ0n) is 11.3. The molecule has 9 heteroatoms. The minimum Gasteiger partial charge on any atom is -0.329 e. The van der Waals surface area contributed by atoms with Crippen molar-refractivity contribution in [1.29, 1.82) is 0 Å². The Labute approximate surface area is 150 Å². The Bertz CT molecular complexity index is 758. The molecular formula is C14H7Cl4NO4. The van der Waals surface area contributed by atoms with Gasteiger partial charge in [0.15, 0.2) is 0 Å². The minimum absolute atomic E-state index is 0.133. The van der Waals surface area contributed by atoms with Gasteiger partial charge in [-0.1, -0.05) is 51.5 Å². The molecule has 0 aromatic heterocycles. The number of nitrogens with zero attached hydrogens (tertiary/aromatic N) is 1. The number of carbonyl (C=O) groups excluding carboxylic acids is 3. The maximum atomic E-state index is 12.4. The van der Waals surface area contributed by atoms with Gasteiger partial charge in [-0.3, -0.25) is 9.59 Å². The molecule has 0 N–H and O–H groups in total. The van der Waals surface area contributed by atoms with Crippen molar-refractivity contribution in [1.82, 2.24) is 5.06 Å². The molecule has 0 radical (unpaired) electrons. The summed E-state index contributed by atoms with van der Waals surface area (Å²) in [6.45, 7) is 0. The van der Waals surface area contributed by atoms with Crippen LogP contribution in [0.3, 0.4) is 0 Å². The van der Waals surface area contributed by atoms with Crippen molar-refractivity contribution in [2.45, 2.75) is 19.3 Å². The van der Waals surface area contributed by atoms with Gasteiger partial charge < -0.3 is 4.84 Å². The van der Waals surface area contributed by atoms with Crippen LogP contribution in [0.15, 0.2) is 0 Å². The predicted octanol–water partition coefficient (Wildman–Crippen LogP) is 4.15. The van der Waals surface area contributed by atoms with E-state index in [9.17, 15) is 14.4 Å². The lowest BCUT2D eigenvalue weighted by Crippen LogP contribution is -2.58. The van der Waals surface area contributed by atoms with Crippen LogP contribution in [0, 0.1) is 11.3 Å². The largest absolute Gasteiger partial charge is 0.339 e. The summed E-state index contributed by atoms with van der Waals surface area (Å²) in [6.07, 6.45) is 2.19. The zero-order valence-corrected chi connectivity index (χ0v) is 14.3. The smallest absolute Gasteiger partial charge is 0.329 e. The lowest BCUT2D eigenvalue weighted by Gasteiger charge is -2.58. The fourth-order valence-electron chi connectivity index (χ4n) is 3.32. The van der Waals surface area contributed by atoms with Crippen molar-refractivity contribution in [2.75, 3.05) is 0 Å². The standard InChI is InChI=1S/C14H7Cl4NO4/c15-7-5-6(8(16)10(18)9(7)17)12(21)19(11(5)20)23-13(22)14-1-4(2-14)3-14/h4H,1-3H2. The molecular weight excluding hydrogens is 388 g/mol. The molecule has 3 fully saturated rings. The SMILES string of the molecule is O=C1c2c(Cl)c(Cl)c(Cl)c(Cl)c2C(=O)N1OC(=O)C12CC(C1)C2. The number of amides is 2. The van der Waals surface area contributed by atoms with E-state index in [1.807, 2.05) is 0 Å². The van der Waals surface area contributed by atoms with Crippen molar-refractivity contribution in [2.24, 2.45) is 11.3 Å². The Hall–Kier alpha value is -1.01. The van der Waals surface area contributed by atoms with Gasteiger partial charge in [-0.15, -0.1) is 0 Å². The summed E-state index contributed by atoms with van der Waals surface area (Å²) in [7, 11) is 0. The van der Waals surface area contributed by atoms with Crippen molar-refractivity contribution in [3.05, 3.63) is 31.2 Å². The summed E-state index contributed by atoms with van der Waals surface area (Å²) in [5.74, 6) is -1.80. The molecule has 2 amide bonds. The molecule has 1 heterocycles. The molecule has 1 aromatic rings. The number of carbonyl (C=O) groups is 3. The highest BCUT2D eigenvalue weighted by Gasteiger charge is 2.63. The van der Waals surface area contributed by atoms with Crippen molar-refractivity contribution < 1.29 is 19.2 Å². The molecule has 0 saturated heterocycles. The maximum Gasteiger partial charge on any atom is 0.339 e. The highest BCUT2D eigenvalue weighted by Crippen LogP contribution is 2.65. The van der Waals surface area contributed by atoms with E-state index in [0.717, 1.165) is 19.3 Å². The van der Waals surface area contributed by atoms with Crippen molar-refractivity contribution in [3.8, 4) is 0 Å². The van der Waals surface area contributed by atoms with E-state index in [-0.39, 0.29) is 31.2 Å². The average Bonchev–Trinajstić information content (AvgIpc) is 2.64. The summed E-state index contributed by atoms with van der Waals surface area (Å²) >= 11 is 23.8. The molecule has 0 atom stereocenters. The Balaban J connectivity index is 1.71. The quantitative estimate of drug-likeness (QED) is 0.429. The van der Waals surface area contributed by atoms with E-state index < -0.39 is 23.2 Å². The van der Waals surface area contributed by atoms with Gasteiger partial charge >= 0.3 is 5.97 Å². The summed E-state index contributed by atoms with van der Waals surface area (Å²) in [5.41, 5.74) is -0.967. The molecule has 3 saturated carbocycles. The molecule has 5 nitrogen and oxygen atoms in total. The van der Waals surface area contributed by atoms with Crippen LogP contribution in [0.2, 0.25) is 20.1 Å². The highest BCUT2D eigenvalue weighted by molar-refractivity contribution is 6.55. The van der Waals surface area contributed by atoms with E-state index in [0.29, 0.717) is 11.0 Å². The fraction of sp³-hybridized carbons (Fsp3) is 0.357. The van der Waals surface area contributed by atoms with E-state index in [1.54, 1.807) is 0 Å². The first-order chi connectivity index (χ1) is 10.8. The Morgan fingerprint density at radius 3 is 1.70 bits per heavy atom. The lowest BCUT2D eigenvalue weighted by atomic mass is 9.44. The second-order valence-corrected chi connectivity index (χ2v) is 7.56. The summed E-state index contributed by atoms with van der Waals surface area (Å²) in [4.78, 5) is 42.1. The minimum atomic E-state index is -0.879. The van der Waals surface area contributed by atoms with Crippen LogP contribution in [0.4, 0.5) is 0 Å². The van der Waals surface area contributed by atoms with Crippen LogP contribution in [0.1, 0.15) is 40.0 Å². The van der Waals surface area contributed by atoms with Crippen molar-refractivity contribution >= 4 is 64.2 Å². The molecule has 5 rings (SSSR count). The highest BCUT2D eigenvalue weighted by atomic mass is 35.5. The fourth-order valence-corrected chi connectivity index (χ4v) is 4.33. The molecule has 2 bridgehead atoms. The van der Waals surface area contributed by atoms with Crippen LogP contribution in [-0.2, 0) is 9.63 Å². The summed E-state index contributed by atoms with van der Waals surface area (Å²) in [6, 6.07) is 0. The second-order valence-electron chi connectivity index (χ2n) is 6.05. The molecule has 0 unspecified atom stereocenters. The Morgan fingerprint density at radius 1 is 0.913 bits per heavy atom. The normalized spacial score (nSPS) is 27.5. The van der Waals surface area contributed by atoms with Gasteiger partial charge in [0.05, 0.1) is 36.6 Å². The maximum absolute atomic E-state index is 12.4. The molecule has 0 spiro atoms. The Morgan fingerprint density at radius 2 is 1.35 bits per heavy atom. The van der Waals surface area contributed by atoms with E-state index in [4.69, 9.17) is 51.2 Å². The van der Waals surface area contributed by atoms with E-state index in [1.165, 1.54) is 0 Å². The third-order valence-electron chi connectivity index (χ3n) is 4.71. The number of rotatable bonds is 2. The van der Waals surface area contributed by atoms with Crippen molar-refractivity contribution in [3.63, 3.8) is 0 Å². The van der Waals surface area contributed by atoms with Crippen LogP contribution < -0.4 is 0 Å². The third-order valence-corrected chi connectivity index (χ3v) is 6.51. The number of benzene rings is 1. The van der Waals surface area contributed by atoms with Gasteiger partial charge in [-0.05, 0) is 25.2 Å². The van der Waals surface area contributed by atoms with Crippen LogP contribution in [-0.4, -0.2) is 22.8 Å². The first kappa shape index (κ1) is 15.5. The predicted molar refractivity (Wildman–Crippen MR) is 82.8 cm³/mol. The van der Waals surface area contributed by atoms with Gasteiger partial charge in [0, 0.05) is 0 Å². The monoisotopic (exact) mass is 393 g/mol. The molecule has 1 aromatic carbocycles. The Kier molecular flexibility index (Phi) is 3.21. The number of imide groups is 1. The molecule has 1 aliphatic heterocycles. The summed E-state index contributed by atoms with van der Waals surface area (Å²) in [5, 5.41) is -0.272. The second kappa shape index (κ2) is 4.76. The first-order valence-corrected chi connectivity index (χ1v) is 8.25. The first-order valence-electron chi connectivity index (χ1n) is 6.74. The number of fused-ring (bicyclic) bond motifs is 1. The van der Waals surface area contributed by atoms with Crippen LogP contribution in [0.25, 0.3) is 0 Å². The number of hydrogen-bond donors (Lipinski definition) is 0. The number of halogens is 4. The molecule has 4 aliphatic rings. The summed E-state index contributed by atoms with van der Waals surface area (Å²) < 4.78 is 0. The van der Waals surface area contributed by atoms with Gasteiger partial charge in [-0.2, -0.15) is 0 Å². The zero-order chi connectivity index (χ0) is 16.7. The van der Waals surface area contributed by atoms with Gasteiger partial charge in [0.2, 0.25) is 0 Å². The van der Waals surface area contributed by atoms with Gasteiger partial charge in [0.25, 0.3) is 11.8 Å². The van der Waals surface area contributed by atoms with E-state index >= 15 is 0 Å². The topological polar surface area (TPSA) is 63.7 Å². The van der Waals surface area contributed by atoms with E-state index in [2.05, 4.69) is 0 Å². The average molecular weight is 395 g/mol. The third kappa shape index (κ3) is 1.85. The van der Waals surface area contributed by atoms with Gasteiger partial charge in [-0.25, -0.2) is 4.79 Å². The van der Waals surface area contributed by atoms with Gasteiger partial charge in [0.1, 0.15) is 0 Å². The van der Waals surface area contributed by atoms with Crippen LogP contribution in [0.5, 0.6) is 0 Å². The van der Waals surface area contributed by atoms with Crippen LogP contribution >= 0.6 is 46.4 Å². The lowest BCUT2D eigenvalue weighted by molar-refractivity contribution is -0.213. The molecule has 23 heavy (non-hydrogen) atoms.